The number of aliphatic hydroxyl groups excluding tert-OH is 1. The summed E-state index contributed by atoms with van der Waals surface area (Å²) in [5.74, 6) is 1.44. The largest absolute Gasteiger partial charge is 0.388 e. The van der Waals surface area contributed by atoms with Crippen LogP contribution in [-0.2, 0) is 18.1 Å². The van der Waals surface area contributed by atoms with E-state index in [-0.39, 0.29) is 6.61 Å². The lowest BCUT2D eigenvalue weighted by Crippen LogP contribution is -2.07. The Hall–Kier alpha value is -0.870. The Morgan fingerprint density at radius 3 is 3.15 bits per heavy atom. The molecule has 0 saturated heterocycles. The number of hydrogen-bond donors (Lipinski definition) is 1. The summed E-state index contributed by atoms with van der Waals surface area (Å²) in [6, 6.07) is 0. The van der Waals surface area contributed by atoms with Crippen LogP contribution in [0.3, 0.4) is 0 Å². The molecule has 1 heterocycles. The summed E-state index contributed by atoms with van der Waals surface area (Å²) in [5, 5.41) is 8.89. The van der Waals surface area contributed by atoms with Crippen LogP contribution in [0.5, 0.6) is 0 Å². The Kier molecular flexibility index (Phi) is 2.61. The summed E-state index contributed by atoms with van der Waals surface area (Å²) in [4.78, 5) is 3.98. The minimum absolute atomic E-state index is 0.0280. The highest BCUT2D eigenvalue weighted by molar-refractivity contribution is 4.89. The Morgan fingerprint density at radius 1 is 1.62 bits per heavy atom. The molecule has 0 amide bonds. The van der Waals surface area contributed by atoms with Gasteiger partial charge >= 0.3 is 0 Å². The van der Waals surface area contributed by atoms with Crippen molar-refractivity contribution >= 4 is 0 Å². The number of hydrogen-bond acceptors (Lipinski definition) is 3. The van der Waals surface area contributed by atoms with Crippen LogP contribution < -0.4 is 0 Å². The molecule has 0 radical (unpaired) electrons. The Bertz CT molecular complexity index is 268. The third kappa shape index (κ3) is 2.29. The van der Waals surface area contributed by atoms with Crippen LogP contribution in [0.4, 0.5) is 0 Å². The van der Waals surface area contributed by atoms with Gasteiger partial charge in [0.1, 0.15) is 19.2 Å². The topological polar surface area (TPSA) is 47.3 Å². The van der Waals surface area contributed by atoms with Crippen LogP contribution >= 0.6 is 0 Å². The van der Waals surface area contributed by atoms with Crippen molar-refractivity contribution in [3.8, 4) is 0 Å². The van der Waals surface area contributed by atoms with Gasteiger partial charge in [-0.15, -0.1) is 0 Å². The van der Waals surface area contributed by atoms with Crippen LogP contribution in [-0.4, -0.2) is 21.3 Å². The fraction of sp³-hybridized carbons (Fsp3) is 0.667. The molecule has 4 heteroatoms. The van der Waals surface area contributed by atoms with Gasteiger partial charge in [-0.1, -0.05) is 0 Å². The first-order chi connectivity index (χ1) is 6.40. The van der Waals surface area contributed by atoms with Crippen molar-refractivity contribution in [2.45, 2.75) is 26.2 Å². The maximum atomic E-state index is 8.89. The number of rotatable bonds is 5. The molecule has 13 heavy (non-hydrogen) atoms. The molecular weight excluding hydrogens is 168 g/mol. The van der Waals surface area contributed by atoms with E-state index in [0.29, 0.717) is 12.6 Å². The van der Waals surface area contributed by atoms with Crippen molar-refractivity contribution in [2.24, 2.45) is 5.92 Å². The molecular formula is C9H14N2O2. The van der Waals surface area contributed by atoms with Crippen molar-refractivity contribution in [1.82, 2.24) is 9.55 Å². The molecule has 1 fully saturated rings. The second kappa shape index (κ2) is 3.89. The Balaban J connectivity index is 1.78. The molecule has 0 unspecified atom stereocenters. The Morgan fingerprint density at radius 2 is 2.46 bits per heavy atom. The number of imidazole rings is 1. The smallest absolute Gasteiger partial charge is 0.136 e. The lowest BCUT2D eigenvalue weighted by atomic mass is 10.5. The van der Waals surface area contributed by atoms with Gasteiger partial charge in [0.05, 0.1) is 6.61 Å². The first kappa shape index (κ1) is 8.72. The first-order valence-electron chi connectivity index (χ1n) is 4.59. The van der Waals surface area contributed by atoms with Crippen molar-refractivity contribution in [1.29, 1.82) is 0 Å². The third-order valence-electron chi connectivity index (χ3n) is 2.22. The van der Waals surface area contributed by atoms with E-state index in [1.807, 2.05) is 10.8 Å². The summed E-state index contributed by atoms with van der Waals surface area (Å²) in [5.41, 5.74) is 0. The molecule has 1 aromatic rings. The normalized spacial score (nSPS) is 16.4. The van der Waals surface area contributed by atoms with E-state index in [9.17, 15) is 0 Å². The van der Waals surface area contributed by atoms with Crippen LogP contribution in [0.25, 0.3) is 0 Å². The average Bonchev–Trinajstić information content (AvgIpc) is 2.84. The van der Waals surface area contributed by atoms with Gasteiger partial charge in [0, 0.05) is 12.4 Å². The zero-order valence-corrected chi connectivity index (χ0v) is 7.52. The van der Waals surface area contributed by atoms with E-state index in [1.54, 1.807) is 6.20 Å². The molecule has 1 aromatic heterocycles. The predicted octanol–water partition coefficient (Wildman–Crippen LogP) is 0.760. The van der Waals surface area contributed by atoms with Gasteiger partial charge < -0.3 is 14.4 Å². The van der Waals surface area contributed by atoms with Gasteiger partial charge in [0.2, 0.25) is 0 Å². The van der Waals surface area contributed by atoms with Gasteiger partial charge in [0.15, 0.2) is 0 Å². The van der Waals surface area contributed by atoms with Gasteiger partial charge in [-0.05, 0) is 18.8 Å². The fourth-order valence-corrected chi connectivity index (χ4v) is 1.21. The number of aromatic nitrogens is 2. The minimum Gasteiger partial charge on any atom is -0.388 e. The van der Waals surface area contributed by atoms with Crippen LogP contribution in [0, 0.1) is 5.92 Å². The quantitative estimate of drug-likeness (QED) is 0.731. The Labute approximate surface area is 77.2 Å². The molecule has 1 aliphatic rings. The zero-order valence-electron chi connectivity index (χ0n) is 7.52. The molecule has 2 rings (SSSR count). The second-order valence-electron chi connectivity index (χ2n) is 3.41. The van der Waals surface area contributed by atoms with Crippen molar-refractivity contribution < 1.29 is 9.84 Å². The summed E-state index contributed by atoms with van der Waals surface area (Å²) in [6.07, 6.45) is 6.10. The van der Waals surface area contributed by atoms with Crippen molar-refractivity contribution in [3.05, 3.63) is 18.2 Å². The highest BCUT2D eigenvalue weighted by Gasteiger charge is 2.21. The number of ether oxygens (including phenoxy) is 1. The molecule has 0 spiro atoms. The first-order valence-corrected chi connectivity index (χ1v) is 4.59. The van der Waals surface area contributed by atoms with Gasteiger partial charge in [-0.3, -0.25) is 0 Å². The van der Waals surface area contributed by atoms with E-state index >= 15 is 0 Å². The van der Waals surface area contributed by atoms with E-state index in [1.165, 1.54) is 12.8 Å². The van der Waals surface area contributed by atoms with E-state index in [2.05, 4.69) is 4.98 Å². The van der Waals surface area contributed by atoms with Crippen LogP contribution in [0.2, 0.25) is 0 Å². The molecule has 1 saturated carbocycles. The maximum Gasteiger partial charge on any atom is 0.136 e. The van der Waals surface area contributed by atoms with Crippen molar-refractivity contribution in [2.75, 3.05) is 6.61 Å². The predicted molar refractivity (Wildman–Crippen MR) is 46.8 cm³/mol. The fourth-order valence-electron chi connectivity index (χ4n) is 1.21. The molecule has 72 valence electrons. The van der Waals surface area contributed by atoms with Gasteiger partial charge in [-0.2, -0.15) is 0 Å². The SMILES string of the molecule is OCc1nccn1COCC1CC1. The maximum absolute atomic E-state index is 8.89. The number of aliphatic hydroxyl groups is 1. The van der Waals surface area contributed by atoms with E-state index < -0.39 is 0 Å². The lowest BCUT2D eigenvalue weighted by Gasteiger charge is -2.06. The molecule has 1 aliphatic carbocycles. The van der Waals surface area contributed by atoms with Crippen LogP contribution in [0.15, 0.2) is 12.4 Å². The highest BCUT2D eigenvalue weighted by Crippen LogP contribution is 2.28. The van der Waals surface area contributed by atoms with E-state index in [0.717, 1.165) is 12.5 Å². The standard InChI is InChI=1S/C9H14N2O2/c12-5-9-10-3-4-11(9)7-13-6-8-1-2-8/h3-4,8,12H,1-2,5-7H2. The third-order valence-corrected chi connectivity index (χ3v) is 2.22. The lowest BCUT2D eigenvalue weighted by molar-refractivity contribution is 0.0644. The highest BCUT2D eigenvalue weighted by atomic mass is 16.5. The minimum atomic E-state index is -0.0280. The second-order valence-corrected chi connectivity index (χ2v) is 3.41. The van der Waals surface area contributed by atoms with Crippen LogP contribution in [0.1, 0.15) is 18.7 Å². The van der Waals surface area contributed by atoms with Gasteiger partial charge in [0.25, 0.3) is 0 Å². The molecule has 1 N–H and O–H groups in total. The average molecular weight is 182 g/mol. The van der Waals surface area contributed by atoms with E-state index in [4.69, 9.17) is 9.84 Å². The number of nitrogens with zero attached hydrogens (tertiary/aromatic N) is 2. The summed E-state index contributed by atoms with van der Waals surface area (Å²) >= 11 is 0. The molecule has 0 bridgehead atoms. The monoisotopic (exact) mass is 182 g/mol. The summed E-state index contributed by atoms with van der Waals surface area (Å²) < 4.78 is 7.28. The molecule has 0 aromatic carbocycles. The van der Waals surface area contributed by atoms with Crippen molar-refractivity contribution in [3.63, 3.8) is 0 Å². The molecule has 0 aliphatic heterocycles. The summed E-state index contributed by atoms with van der Waals surface area (Å²) in [7, 11) is 0. The molecule has 0 atom stereocenters. The summed E-state index contributed by atoms with van der Waals surface area (Å²) in [6.45, 7) is 1.31. The molecule has 4 nitrogen and oxygen atoms in total. The zero-order chi connectivity index (χ0) is 9.10. The van der Waals surface area contributed by atoms with Gasteiger partial charge in [-0.25, -0.2) is 4.98 Å².